The van der Waals surface area contributed by atoms with Crippen LogP contribution in [0, 0.1) is 0 Å². The highest BCUT2D eigenvalue weighted by atomic mass is 79.9. The number of hydrogen-bond donors (Lipinski definition) is 2. The molecule has 24 heavy (non-hydrogen) atoms. The molecule has 1 aliphatic rings. The van der Waals surface area contributed by atoms with Gasteiger partial charge in [-0.1, -0.05) is 0 Å². The summed E-state index contributed by atoms with van der Waals surface area (Å²) in [6.45, 7) is 0. The molecule has 124 valence electrons. The smallest absolute Gasteiger partial charge is 0.264 e. The lowest BCUT2D eigenvalue weighted by molar-refractivity contribution is -0.116. The summed E-state index contributed by atoms with van der Waals surface area (Å²) >= 11 is 3.18. The normalized spacial score (nSPS) is 13.7. The van der Waals surface area contributed by atoms with Crippen LogP contribution in [0.15, 0.2) is 39.7 Å². The topological polar surface area (TPSA) is 80.2 Å². The summed E-state index contributed by atoms with van der Waals surface area (Å²) in [5.41, 5.74) is 2.58. The van der Waals surface area contributed by atoms with Crippen LogP contribution >= 0.6 is 15.9 Å². The molecule has 0 radical (unpaired) electrons. The van der Waals surface area contributed by atoms with Crippen molar-refractivity contribution in [2.24, 2.45) is 7.05 Å². The zero-order chi connectivity index (χ0) is 17.3. The number of carbonyl (C=O) groups is 2. The molecule has 2 heterocycles. The molecule has 6 nitrogen and oxygen atoms in total. The summed E-state index contributed by atoms with van der Waals surface area (Å²) in [6, 6.07) is 6.80. The van der Waals surface area contributed by atoms with Crippen LogP contribution in [0.25, 0.3) is 0 Å². The molecule has 0 fully saturated rings. The minimum atomic E-state index is -0.265. The van der Waals surface area contributed by atoms with E-state index in [2.05, 4.69) is 26.6 Å². The summed E-state index contributed by atoms with van der Waals surface area (Å²) in [6.07, 6.45) is 3.56. The van der Waals surface area contributed by atoms with Gasteiger partial charge in [-0.05, 0) is 58.6 Å². The van der Waals surface area contributed by atoms with Crippen molar-refractivity contribution in [2.75, 3.05) is 10.6 Å². The zero-order valence-electron chi connectivity index (χ0n) is 13.1. The Labute approximate surface area is 147 Å². The first-order valence-corrected chi connectivity index (χ1v) is 8.33. The summed E-state index contributed by atoms with van der Waals surface area (Å²) in [5, 5.41) is 5.63. The van der Waals surface area contributed by atoms with Crippen LogP contribution in [0.4, 0.5) is 11.4 Å². The summed E-state index contributed by atoms with van der Waals surface area (Å²) < 4.78 is 1.78. The lowest BCUT2D eigenvalue weighted by Gasteiger charge is -2.11. The average Bonchev–Trinajstić information content (AvgIpc) is 2.72. The Bertz CT molecular complexity index is 863. The Morgan fingerprint density at radius 1 is 1.25 bits per heavy atom. The number of aromatic nitrogens is 1. The van der Waals surface area contributed by atoms with Gasteiger partial charge in [-0.15, -0.1) is 0 Å². The Balaban J connectivity index is 1.84. The van der Waals surface area contributed by atoms with Crippen molar-refractivity contribution in [1.29, 1.82) is 0 Å². The van der Waals surface area contributed by atoms with Gasteiger partial charge in [-0.2, -0.15) is 0 Å². The van der Waals surface area contributed by atoms with Crippen molar-refractivity contribution >= 4 is 39.1 Å². The highest BCUT2D eigenvalue weighted by Crippen LogP contribution is 2.24. The second kappa shape index (κ2) is 6.60. The van der Waals surface area contributed by atoms with Gasteiger partial charge in [0.15, 0.2) is 0 Å². The molecule has 0 bridgehead atoms. The quantitative estimate of drug-likeness (QED) is 0.828. The Kier molecular flexibility index (Phi) is 4.53. The number of rotatable bonds is 2. The Morgan fingerprint density at radius 3 is 2.79 bits per heavy atom. The molecule has 2 amide bonds. The number of nitrogens with zero attached hydrogens (tertiary/aromatic N) is 1. The number of fused-ring (bicyclic) bond motifs is 1. The van der Waals surface area contributed by atoms with Crippen molar-refractivity contribution in [3.05, 3.63) is 56.4 Å². The molecule has 2 aromatic rings. The van der Waals surface area contributed by atoms with Crippen LogP contribution < -0.4 is 16.2 Å². The molecule has 0 unspecified atom stereocenters. The number of benzene rings is 1. The van der Waals surface area contributed by atoms with Crippen LogP contribution in [0.1, 0.15) is 28.8 Å². The first-order valence-electron chi connectivity index (χ1n) is 7.54. The lowest BCUT2D eigenvalue weighted by Crippen LogP contribution is -2.19. The van der Waals surface area contributed by atoms with Crippen LogP contribution in [0.3, 0.4) is 0 Å². The van der Waals surface area contributed by atoms with E-state index in [4.69, 9.17) is 0 Å². The summed E-state index contributed by atoms with van der Waals surface area (Å²) in [7, 11) is 1.62. The number of anilines is 2. The largest absolute Gasteiger partial charge is 0.326 e. The number of carbonyl (C=O) groups excluding carboxylic acids is 2. The second-order valence-electron chi connectivity index (χ2n) is 5.72. The maximum absolute atomic E-state index is 12.5. The molecule has 1 aromatic heterocycles. The van der Waals surface area contributed by atoms with E-state index in [1.165, 1.54) is 4.57 Å². The van der Waals surface area contributed by atoms with E-state index < -0.39 is 0 Å². The molecule has 0 saturated carbocycles. The third-order valence-electron chi connectivity index (χ3n) is 3.89. The number of nitrogens with one attached hydrogen (secondary N) is 2. The number of halogens is 1. The highest BCUT2D eigenvalue weighted by molar-refractivity contribution is 9.10. The maximum atomic E-state index is 12.5. The van der Waals surface area contributed by atoms with Gasteiger partial charge in [-0.3, -0.25) is 14.4 Å². The number of aryl methyl sites for hydroxylation is 2. The fourth-order valence-electron chi connectivity index (χ4n) is 2.66. The van der Waals surface area contributed by atoms with Gasteiger partial charge >= 0.3 is 0 Å². The molecular formula is C17H16BrN3O3. The van der Waals surface area contributed by atoms with E-state index >= 15 is 0 Å². The third kappa shape index (κ3) is 3.41. The van der Waals surface area contributed by atoms with E-state index in [0.29, 0.717) is 22.1 Å². The predicted molar refractivity (Wildman–Crippen MR) is 95.3 cm³/mol. The van der Waals surface area contributed by atoms with Gasteiger partial charge in [0.25, 0.3) is 11.5 Å². The van der Waals surface area contributed by atoms with Crippen molar-refractivity contribution < 1.29 is 9.59 Å². The summed E-state index contributed by atoms with van der Waals surface area (Å²) in [5.74, 6) is -0.264. The molecule has 2 N–H and O–H groups in total. The van der Waals surface area contributed by atoms with Gasteiger partial charge in [-0.25, -0.2) is 0 Å². The molecule has 0 saturated heterocycles. The fourth-order valence-corrected chi connectivity index (χ4v) is 3.19. The molecule has 0 aliphatic carbocycles. The van der Waals surface area contributed by atoms with E-state index in [9.17, 15) is 14.4 Å². The molecule has 7 heteroatoms. The van der Waals surface area contributed by atoms with Gasteiger partial charge in [0, 0.05) is 30.9 Å². The van der Waals surface area contributed by atoms with Crippen LogP contribution in [0.2, 0.25) is 0 Å². The van der Waals surface area contributed by atoms with Gasteiger partial charge < -0.3 is 15.2 Å². The second-order valence-corrected chi connectivity index (χ2v) is 6.57. The number of amides is 2. The zero-order valence-corrected chi connectivity index (χ0v) is 14.6. The Hall–Kier alpha value is -2.41. The van der Waals surface area contributed by atoms with Crippen LogP contribution in [0.5, 0.6) is 0 Å². The first-order chi connectivity index (χ1) is 11.4. The SMILES string of the molecule is Cn1cc(NC(=O)c2ccc3c(c2)CCCC(=O)N3)cc(Br)c1=O. The van der Waals surface area contributed by atoms with Crippen LogP contribution in [-0.4, -0.2) is 16.4 Å². The van der Waals surface area contributed by atoms with Crippen molar-refractivity contribution in [3.8, 4) is 0 Å². The lowest BCUT2D eigenvalue weighted by atomic mass is 10.0. The Morgan fingerprint density at radius 2 is 2.04 bits per heavy atom. The monoisotopic (exact) mass is 389 g/mol. The first kappa shape index (κ1) is 16.4. The average molecular weight is 390 g/mol. The van der Waals surface area contributed by atoms with E-state index in [1.54, 1.807) is 37.5 Å². The van der Waals surface area contributed by atoms with E-state index in [0.717, 1.165) is 24.1 Å². The third-order valence-corrected chi connectivity index (χ3v) is 4.46. The molecule has 3 rings (SSSR count). The molecule has 1 aliphatic heterocycles. The minimum absolute atomic E-state index is 0.000930. The number of pyridine rings is 1. The van der Waals surface area contributed by atoms with Gasteiger partial charge in [0.1, 0.15) is 0 Å². The minimum Gasteiger partial charge on any atom is -0.326 e. The van der Waals surface area contributed by atoms with Crippen molar-refractivity contribution in [3.63, 3.8) is 0 Å². The molecule has 0 spiro atoms. The molecule has 0 atom stereocenters. The molecule has 1 aromatic carbocycles. The summed E-state index contributed by atoms with van der Waals surface area (Å²) in [4.78, 5) is 35.7. The van der Waals surface area contributed by atoms with Crippen molar-refractivity contribution in [2.45, 2.75) is 19.3 Å². The van der Waals surface area contributed by atoms with Crippen LogP contribution in [-0.2, 0) is 18.3 Å². The molecular weight excluding hydrogens is 374 g/mol. The van der Waals surface area contributed by atoms with Crippen molar-refractivity contribution in [1.82, 2.24) is 4.57 Å². The predicted octanol–water partition coefficient (Wildman–Crippen LogP) is 2.67. The number of hydrogen-bond acceptors (Lipinski definition) is 3. The van der Waals surface area contributed by atoms with Gasteiger partial charge in [0.2, 0.25) is 5.91 Å². The standard InChI is InChI=1S/C17H16BrN3O3/c1-21-9-12(8-13(18)17(21)24)19-16(23)11-5-6-14-10(7-11)3-2-4-15(22)20-14/h5-9H,2-4H2,1H3,(H,19,23)(H,20,22). The van der Waals surface area contributed by atoms with E-state index in [1.807, 2.05) is 0 Å². The maximum Gasteiger partial charge on any atom is 0.264 e. The van der Waals surface area contributed by atoms with E-state index in [-0.39, 0.29) is 17.4 Å². The van der Waals surface area contributed by atoms with Gasteiger partial charge in [0.05, 0.1) is 10.2 Å². The highest BCUT2D eigenvalue weighted by Gasteiger charge is 2.15. The fraction of sp³-hybridized carbons (Fsp3) is 0.235.